The van der Waals surface area contributed by atoms with E-state index in [4.69, 9.17) is 23.7 Å². The van der Waals surface area contributed by atoms with E-state index in [1.807, 2.05) is 12.1 Å². The Morgan fingerprint density at radius 2 is 2.00 bits per heavy atom. The molecule has 1 amide bonds. The topological polar surface area (TPSA) is 79.3 Å². The van der Waals surface area contributed by atoms with E-state index in [0.717, 1.165) is 50.2 Å². The second-order valence-electron chi connectivity index (χ2n) is 10.4. The second kappa shape index (κ2) is 10.9. The molecule has 4 rings (SSSR count). The molecule has 2 atom stereocenters. The molecule has 8 nitrogen and oxygen atoms in total. The standard InChI is InChI=1S/C26H40N2O6/c1-19(2)14-23-26(33-18-31-4,24(29)28(23)17-30-3)16-20-15-22(8-12-27-20)34-21-6-10-25(11-7-21)9-5-13-32-25/h8,12,15,19,21,23H,5-7,9-11,13-14,16-18H2,1-4H3. The largest absolute Gasteiger partial charge is 0.490 e. The van der Waals surface area contributed by atoms with Crippen LogP contribution in [-0.4, -0.2) is 73.5 Å². The molecular weight excluding hydrogens is 436 g/mol. The van der Waals surface area contributed by atoms with E-state index in [1.54, 1.807) is 25.3 Å². The first-order valence-corrected chi connectivity index (χ1v) is 12.6. The molecule has 1 spiro atoms. The average molecular weight is 477 g/mol. The van der Waals surface area contributed by atoms with Crippen LogP contribution in [0.4, 0.5) is 0 Å². The highest BCUT2D eigenvalue weighted by atomic mass is 16.7. The summed E-state index contributed by atoms with van der Waals surface area (Å²) in [6.45, 7) is 5.48. The van der Waals surface area contributed by atoms with E-state index >= 15 is 0 Å². The molecule has 1 saturated carbocycles. The third-order valence-corrected chi connectivity index (χ3v) is 7.50. The zero-order chi connectivity index (χ0) is 24.2. The van der Waals surface area contributed by atoms with E-state index in [0.29, 0.717) is 12.3 Å². The Hall–Kier alpha value is -1.74. The Balaban J connectivity index is 1.46. The number of carbonyl (C=O) groups is 1. The fourth-order valence-corrected chi connectivity index (χ4v) is 5.80. The number of hydrogen-bond acceptors (Lipinski definition) is 7. The molecule has 34 heavy (non-hydrogen) atoms. The lowest BCUT2D eigenvalue weighted by Crippen LogP contribution is -2.76. The van der Waals surface area contributed by atoms with E-state index < -0.39 is 5.60 Å². The van der Waals surface area contributed by atoms with Gasteiger partial charge in [0.05, 0.1) is 17.7 Å². The van der Waals surface area contributed by atoms with Gasteiger partial charge in [-0.2, -0.15) is 0 Å². The summed E-state index contributed by atoms with van der Waals surface area (Å²) in [5, 5.41) is 0. The maximum Gasteiger partial charge on any atom is 0.259 e. The highest BCUT2D eigenvalue weighted by molar-refractivity contribution is 5.93. The Kier molecular flexibility index (Phi) is 8.12. The number of nitrogens with zero attached hydrogens (tertiary/aromatic N) is 2. The van der Waals surface area contributed by atoms with Gasteiger partial charge in [-0.05, 0) is 56.9 Å². The van der Waals surface area contributed by atoms with Crippen molar-refractivity contribution < 1.29 is 28.5 Å². The molecule has 8 heteroatoms. The second-order valence-corrected chi connectivity index (χ2v) is 10.4. The molecule has 0 aromatic carbocycles. The molecule has 2 saturated heterocycles. The van der Waals surface area contributed by atoms with Crippen LogP contribution in [0.3, 0.4) is 0 Å². The van der Waals surface area contributed by atoms with Crippen molar-refractivity contribution in [3.8, 4) is 5.75 Å². The zero-order valence-corrected chi connectivity index (χ0v) is 21.1. The summed E-state index contributed by atoms with van der Waals surface area (Å²) in [5.41, 5.74) is -0.140. The minimum Gasteiger partial charge on any atom is -0.490 e. The van der Waals surface area contributed by atoms with E-state index in [2.05, 4.69) is 18.8 Å². The van der Waals surface area contributed by atoms with E-state index in [9.17, 15) is 4.79 Å². The Labute approximate surface area is 203 Å². The van der Waals surface area contributed by atoms with Gasteiger partial charge in [-0.1, -0.05) is 13.8 Å². The molecular formula is C26H40N2O6. The minimum atomic E-state index is -1.01. The lowest BCUT2D eigenvalue weighted by Gasteiger charge is -2.55. The fourth-order valence-electron chi connectivity index (χ4n) is 5.80. The fraction of sp³-hybridized carbons (Fsp3) is 0.769. The number of rotatable bonds is 11. The normalized spacial score (nSPS) is 31.3. The quantitative estimate of drug-likeness (QED) is 0.356. The predicted molar refractivity (Wildman–Crippen MR) is 126 cm³/mol. The SMILES string of the molecule is COCOC1(Cc2cc(OC3CCC4(CCCO4)CC3)ccn2)C(=O)N(COC)C1CC(C)C. The first kappa shape index (κ1) is 25.4. The Morgan fingerprint density at radius 1 is 1.21 bits per heavy atom. The van der Waals surface area contributed by atoms with Crippen molar-refractivity contribution in [3.63, 3.8) is 0 Å². The molecule has 3 heterocycles. The third-order valence-electron chi connectivity index (χ3n) is 7.50. The molecule has 0 radical (unpaired) electrons. The molecule has 2 unspecified atom stereocenters. The molecule has 1 aromatic heterocycles. The molecule has 0 bridgehead atoms. The smallest absolute Gasteiger partial charge is 0.259 e. The van der Waals surface area contributed by atoms with Crippen molar-refractivity contribution in [1.82, 2.24) is 9.88 Å². The summed E-state index contributed by atoms with van der Waals surface area (Å²) < 4.78 is 29.0. The van der Waals surface area contributed by atoms with Crippen LogP contribution in [0.1, 0.15) is 64.5 Å². The van der Waals surface area contributed by atoms with Gasteiger partial charge in [0.2, 0.25) is 0 Å². The van der Waals surface area contributed by atoms with Crippen LogP contribution >= 0.6 is 0 Å². The maximum atomic E-state index is 13.3. The number of hydrogen-bond donors (Lipinski definition) is 0. The summed E-state index contributed by atoms with van der Waals surface area (Å²) in [5.74, 6) is 1.10. The first-order chi connectivity index (χ1) is 16.4. The number of β-lactam (4-membered cyclic amide) rings is 1. The number of methoxy groups -OCH3 is 2. The van der Waals surface area contributed by atoms with Gasteiger partial charge in [0.25, 0.3) is 5.91 Å². The van der Waals surface area contributed by atoms with Gasteiger partial charge < -0.3 is 28.6 Å². The van der Waals surface area contributed by atoms with Crippen LogP contribution in [-0.2, 0) is 30.2 Å². The van der Waals surface area contributed by atoms with Gasteiger partial charge in [0, 0.05) is 45.2 Å². The highest BCUT2D eigenvalue weighted by Gasteiger charge is 2.62. The van der Waals surface area contributed by atoms with Crippen LogP contribution in [0, 0.1) is 5.92 Å². The van der Waals surface area contributed by atoms with Gasteiger partial charge >= 0.3 is 0 Å². The van der Waals surface area contributed by atoms with Crippen molar-refractivity contribution >= 4 is 5.91 Å². The average Bonchev–Trinajstić information content (AvgIpc) is 3.29. The molecule has 190 valence electrons. The highest BCUT2D eigenvalue weighted by Crippen LogP contribution is 2.42. The van der Waals surface area contributed by atoms with Gasteiger partial charge in [-0.25, -0.2) is 0 Å². The number of carbonyl (C=O) groups excluding carboxylic acids is 1. The number of ether oxygens (including phenoxy) is 5. The first-order valence-electron chi connectivity index (χ1n) is 12.6. The lowest BCUT2D eigenvalue weighted by molar-refractivity contribution is -0.235. The number of pyridine rings is 1. The molecule has 3 aliphatic rings. The van der Waals surface area contributed by atoms with Gasteiger partial charge in [0.15, 0.2) is 5.60 Å². The molecule has 1 aliphatic carbocycles. The van der Waals surface area contributed by atoms with Crippen LogP contribution in [0.25, 0.3) is 0 Å². The zero-order valence-electron chi connectivity index (χ0n) is 21.1. The molecule has 0 N–H and O–H groups in total. The Morgan fingerprint density at radius 3 is 2.65 bits per heavy atom. The van der Waals surface area contributed by atoms with Crippen LogP contribution in [0.15, 0.2) is 18.3 Å². The summed E-state index contributed by atoms with van der Waals surface area (Å²) in [6.07, 6.45) is 9.57. The van der Waals surface area contributed by atoms with Crippen molar-refractivity contribution in [2.45, 2.75) is 88.6 Å². The number of likely N-dealkylation sites (tertiary alicyclic amines) is 1. The Bertz CT molecular complexity index is 817. The van der Waals surface area contributed by atoms with Crippen LogP contribution in [0.5, 0.6) is 5.75 Å². The van der Waals surface area contributed by atoms with Crippen molar-refractivity contribution in [1.29, 1.82) is 0 Å². The monoisotopic (exact) mass is 476 g/mol. The maximum absolute atomic E-state index is 13.3. The summed E-state index contributed by atoms with van der Waals surface area (Å²) in [7, 11) is 3.17. The van der Waals surface area contributed by atoms with Crippen molar-refractivity contribution in [3.05, 3.63) is 24.0 Å². The summed E-state index contributed by atoms with van der Waals surface area (Å²) in [6, 6.07) is 3.74. The predicted octanol–water partition coefficient (Wildman–Crippen LogP) is 3.71. The number of aromatic nitrogens is 1. The van der Waals surface area contributed by atoms with Gasteiger partial charge in [-0.3, -0.25) is 9.78 Å². The lowest BCUT2D eigenvalue weighted by atomic mass is 9.75. The van der Waals surface area contributed by atoms with Gasteiger partial charge in [-0.15, -0.1) is 0 Å². The summed E-state index contributed by atoms with van der Waals surface area (Å²) >= 11 is 0. The summed E-state index contributed by atoms with van der Waals surface area (Å²) in [4.78, 5) is 19.6. The number of amides is 1. The van der Waals surface area contributed by atoms with Crippen molar-refractivity contribution in [2.75, 3.05) is 34.4 Å². The molecule has 2 aliphatic heterocycles. The van der Waals surface area contributed by atoms with E-state index in [1.165, 1.54) is 12.8 Å². The van der Waals surface area contributed by atoms with Gasteiger partial charge in [0.1, 0.15) is 19.3 Å². The molecule has 3 fully saturated rings. The van der Waals surface area contributed by atoms with Crippen LogP contribution in [0.2, 0.25) is 0 Å². The van der Waals surface area contributed by atoms with Crippen LogP contribution < -0.4 is 4.74 Å². The third kappa shape index (κ3) is 5.25. The minimum absolute atomic E-state index is 0.0449. The molecule has 1 aromatic rings. The van der Waals surface area contributed by atoms with E-state index in [-0.39, 0.29) is 37.2 Å². The van der Waals surface area contributed by atoms with Crippen molar-refractivity contribution in [2.24, 2.45) is 5.92 Å².